The fourth-order valence-corrected chi connectivity index (χ4v) is 3.52. The van der Waals surface area contributed by atoms with Crippen LogP contribution in [-0.2, 0) is 0 Å². The molecule has 1 fully saturated rings. The van der Waals surface area contributed by atoms with E-state index in [1.807, 2.05) is 0 Å². The number of aromatic nitrogens is 3. The van der Waals surface area contributed by atoms with Crippen molar-refractivity contribution >= 4 is 27.8 Å². The van der Waals surface area contributed by atoms with E-state index in [0.29, 0.717) is 0 Å². The third-order valence-corrected chi connectivity index (χ3v) is 4.55. The lowest BCUT2D eigenvalue weighted by Gasteiger charge is -2.31. The van der Waals surface area contributed by atoms with Crippen LogP contribution in [0.25, 0.3) is 21.9 Å². The van der Waals surface area contributed by atoms with E-state index in [1.165, 1.54) is 23.8 Å². The van der Waals surface area contributed by atoms with E-state index >= 15 is 0 Å². The van der Waals surface area contributed by atoms with Crippen LogP contribution in [0.4, 0.5) is 5.82 Å². The minimum atomic E-state index is 0.731. The van der Waals surface area contributed by atoms with Crippen molar-refractivity contribution in [1.29, 1.82) is 0 Å². The summed E-state index contributed by atoms with van der Waals surface area (Å²) in [4.78, 5) is 15.0. The topological polar surface area (TPSA) is 44.8 Å². The summed E-state index contributed by atoms with van der Waals surface area (Å²) in [5.41, 5.74) is 4.54. The number of anilines is 1. The van der Waals surface area contributed by atoms with Crippen molar-refractivity contribution in [2.24, 2.45) is 5.92 Å². The number of benzene rings is 1. The summed E-state index contributed by atoms with van der Waals surface area (Å²) in [5, 5.41) is 1.22. The van der Waals surface area contributed by atoms with E-state index < -0.39 is 0 Å². The maximum absolute atomic E-state index is 4.57. The lowest BCUT2D eigenvalue weighted by atomic mass is 10.0. The molecule has 1 aromatic carbocycles. The maximum Gasteiger partial charge on any atom is 0.156 e. The van der Waals surface area contributed by atoms with Gasteiger partial charge in [0.05, 0.1) is 0 Å². The first-order valence-corrected chi connectivity index (χ1v) is 7.71. The quantitative estimate of drug-likeness (QED) is 0.740. The molecule has 2 aromatic heterocycles. The van der Waals surface area contributed by atoms with Crippen molar-refractivity contribution in [3.63, 3.8) is 0 Å². The summed E-state index contributed by atoms with van der Waals surface area (Å²) in [6.07, 6.45) is 4.26. The molecule has 0 amide bonds. The predicted octanol–water partition coefficient (Wildman–Crippen LogP) is 3.66. The molecule has 0 spiro atoms. The molecule has 0 bridgehead atoms. The molecule has 1 saturated heterocycles. The van der Waals surface area contributed by atoms with Crippen LogP contribution in [0.3, 0.4) is 0 Å². The summed E-state index contributed by atoms with van der Waals surface area (Å²) in [5.74, 6) is 1.79. The highest BCUT2D eigenvalue weighted by Crippen LogP contribution is 2.32. The second-order valence-electron chi connectivity index (χ2n) is 6.24. The van der Waals surface area contributed by atoms with Gasteiger partial charge in [-0.25, -0.2) is 9.97 Å². The number of nitrogens with one attached hydrogen (secondary N) is 1. The Hall–Kier alpha value is -2.10. The summed E-state index contributed by atoms with van der Waals surface area (Å²) in [7, 11) is 0. The number of hydrogen-bond acceptors (Lipinski definition) is 3. The highest BCUT2D eigenvalue weighted by Gasteiger charge is 2.21. The average Bonchev–Trinajstić information content (AvgIpc) is 2.87. The van der Waals surface area contributed by atoms with E-state index in [0.717, 1.165) is 41.4 Å². The van der Waals surface area contributed by atoms with Gasteiger partial charge in [-0.05, 0) is 37.3 Å². The lowest BCUT2D eigenvalue weighted by Crippen LogP contribution is -2.35. The Bertz CT molecular complexity index is 805. The summed E-state index contributed by atoms with van der Waals surface area (Å²) in [6, 6.07) is 6.34. The Morgan fingerprint density at radius 1 is 1.29 bits per heavy atom. The molecule has 0 aliphatic carbocycles. The van der Waals surface area contributed by atoms with Crippen LogP contribution in [0.15, 0.2) is 24.5 Å². The van der Waals surface area contributed by atoms with E-state index in [2.05, 4.69) is 51.9 Å². The highest BCUT2D eigenvalue weighted by atomic mass is 15.2. The molecule has 108 valence electrons. The molecule has 1 N–H and O–H groups in total. The van der Waals surface area contributed by atoms with Crippen molar-refractivity contribution in [2.75, 3.05) is 18.0 Å². The van der Waals surface area contributed by atoms with Gasteiger partial charge in [-0.2, -0.15) is 0 Å². The van der Waals surface area contributed by atoms with Crippen LogP contribution in [0.2, 0.25) is 0 Å². The minimum absolute atomic E-state index is 0.731. The number of rotatable bonds is 1. The van der Waals surface area contributed by atoms with Crippen molar-refractivity contribution in [2.45, 2.75) is 26.7 Å². The number of piperidine rings is 1. The number of nitrogens with zero attached hydrogens (tertiary/aromatic N) is 3. The molecule has 3 heterocycles. The zero-order valence-corrected chi connectivity index (χ0v) is 12.6. The molecule has 1 atom stereocenters. The molecule has 4 heteroatoms. The third-order valence-electron chi connectivity index (χ3n) is 4.55. The van der Waals surface area contributed by atoms with Gasteiger partial charge >= 0.3 is 0 Å². The van der Waals surface area contributed by atoms with E-state index in [1.54, 1.807) is 6.33 Å². The zero-order valence-electron chi connectivity index (χ0n) is 12.6. The van der Waals surface area contributed by atoms with E-state index in [9.17, 15) is 0 Å². The van der Waals surface area contributed by atoms with Gasteiger partial charge in [-0.3, -0.25) is 0 Å². The molecule has 1 aliphatic heterocycles. The fraction of sp³-hybridized carbons (Fsp3) is 0.412. The van der Waals surface area contributed by atoms with Gasteiger partial charge in [0.2, 0.25) is 0 Å². The van der Waals surface area contributed by atoms with E-state index in [-0.39, 0.29) is 0 Å². The van der Waals surface area contributed by atoms with Gasteiger partial charge in [0.15, 0.2) is 5.82 Å². The van der Waals surface area contributed by atoms with Gasteiger partial charge in [0.25, 0.3) is 0 Å². The van der Waals surface area contributed by atoms with Crippen molar-refractivity contribution in [1.82, 2.24) is 15.0 Å². The Labute approximate surface area is 124 Å². The zero-order chi connectivity index (χ0) is 14.4. The van der Waals surface area contributed by atoms with Gasteiger partial charge in [0.1, 0.15) is 17.4 Å². The number of H-pyrrole nitrogens is 1. The van der Waals surface area contributed by atoms with Gasteiger partial charge in [0, 0.05) is 24.0 Å². The molecule has 21 heavy (non-hydrogen) atoms. The average molecular weight is 280 g/mol. The van der Waals surface area contributed by atoms with Crippen molar-refractivity contribution in [3.05, 3.63) is 30.1 Å². The number of hydrogen-bond donors (Lipinski definition) is 1. The number of aromatic amines is 1. The molecule has 0 radical (unpaired) electrons. The smallest absolute Gasteiger partial charge is 0.156 e. The first kappa shape index (κ1) is 12.6. The Balaban J connectivity index is 1.94. The van der Waals surface area contributed by atoms with Crippen LogP contribution in [-0.4, -0.2) is 28.0 Å². The number of fused-ring (bicyclic) bond motifs is 3. The summed E-state index contributed by atoms with van der Waals surface area (Å²) in [6.45, 7) is 6.63. The first-order chi connectivity index (χ1) is 10.2. The van der Waals surface area contributed by atoms with Crippen LogP contribution in [0.5, 0.6) is 0 Å². The molecule has 4 rings (SSSR count). The normalized spacial score (nSPS) is 19.5. The third kappa shape index (κ3) is 1.97. The van der Waals surface area contributed by atoms with Gasteiger partial charge in [-0.15, -0.1) is 0 Å². The van der Waals surface area contributed by atoms with E-state index in [4.69, 9.17) is 0 Å². The molecule has 3 aromatic rings. The Kier molecular flexibility index (Phi) is 2.84. The summed E-state index contributed by atoms with van der Waals surface area (Å²) >= 11 is 0. The molecular weight excluding hydrogens is 260 g/mol. The van der Waals surface area contributed by atoms with Gasteiger partial charge in [-0.1, -0.05) is 19.1 Å². The monoisotopic (exact) mass is 280 g/mol. The van der Waals surface area contributed by atoms with Crippen LogP contribution >= 0.6 is 0 Å². The minimum Gasteiger partial charge on any atom is -0.355 e. The lowest BCUT2D eigenvalue weighted by molar-refractivity contribution is 0.445. The molecule has 4 nitrogen and oxygen atoms in total. The van der Waals surface area contributed by atoms with Gasteiger partial charge < -0.3 is 9.88 Å². The van der Waals surface area contributed by atoms with Crippen LogP contribution in [0.1, 0.15) is 25.3 Å². The predicted molar refractivity (Wildman–Crippen MR) is 86.7 cm³/mol. The molecular formula is C17H20N4. The highest BCUT2D eigenvalue weighted by molar-refractivity contribution is 6.09. The van der Waals surface area contributed by atoms with Crippen LogP contribution < -0.4 is 4.90 Å². The second-order valence-corrected chi connectivity index (χ2v) is 6.24. The SMILES string of the molecule is Cc1cccc2[nH]c3c(N4CCC[C@H](C)C4)ncnc3c12. The summed E-state index contributed by atoms with van der Waals surface area (Å²) < 4.78 is 0. The fourth-order valence-electron chi connectivity index (χ4n) is 3.52. The second kappa shape index (κ2) is 4.72. The largest absolute Gasteiger partial charge is 0.355 e. The standard InChI is InChI=1S/C17H20N4/c1-11-5-4-8-21(9-11)17-16-15(18-10-19-17)14-12(2)6-3-7-13(14)20-16/h3,6-7,10-11,20H,4-5,8-9H2,1-2H3/t11-/m0/s1. The van der Waals surface area contributed by atoms with Crippen molar-refractivity contribution in [3.8, 4) is 0 Å². The molecule has 1 aliphatic rings. The van der Waals surface area contributed by atoms with Crippen LogP contribution in [0, 0.1) is 12.8 Å². The molecule has 0 unspecified atom stereocenters. The Morgan fingerprint density at radius 3 is 3.05 bits per heavy atom. The molecule has 0 saturated carbocycles. The maximum atomic E-state index is 4.57. The number of aryl methyl sites for hydroxylation is 1. The Morgan fingerprint density at radius 2 is 2.19 bits per heavy atom. The first-order valence-electron chi connectivity index (χ1n) is 7.71. The van der Waals surface area contributed by atoms with Crippen molar-refractivity contribution < 1.29 is 0 Å².